The molecule has 0 aliphatic carbocycles. The normalized spacial score (nSPS) is 12.5. The lowest BCUT2D eigenvalue weighted by Gasteiger charge is -2.33. The van der Waals surface area contributed by atoms with Crippen LogP contribution in [0.5, 0.6) is 0 Å². The summed E-state index contributed by atoms with van der Waals surface area (Å²) in [6.45, 7) is 4.66. The third kappa shape index (κ3) is 9.28. The fourth-order valence-electron chi connectivity index (χ4n) is 4.51. The second kappa shape index (κ2) is 15.5. The minimum atomic E-state index is -4.90. The molecule has 3 aromatic carbocycles. The number of anilines is 1. The van der Waals surface area contributed by atoms with Gasteiger partial charge in [-0.1, -0.05) is 78.8 Å². The predicted molar refractivity (Wildman–Crippen MR) is 171 cm³/mol. The average molecular weight is 707 g/mol. The maximum atomic E-state index is 14.1. The standard InChI is InChI=1S/C31H33Cl3F3N3O4S/c1-4-6-15-38-30(42)28(5-2)39(18-21-9-13-26(33)27(34)16-21)29(41)19-40(45(43,44)23-11-7-20(3)8-12-23)22-10-14-25(32)24(17-22)31(35,36)37/h7-14,16-17,28H,4-6,15,18-19H2,1-3H3,(H,38,42)/t28-/m1/s1. The summed E-state index contributed by atoms with van der Waals surface area (Å²) >= 11 is 18.1. The molecule has 0 bridgehead atoms. The third-order valence-electron chi connectivity index (χ3n) is 6.98. The van der Waals surface area contributed by atoms with Crippen LogP contribution in [0.3, 0.4) is 0 Å². The fourth-order valence-corrected chi connectivity index (χ4v) is 6.46. The number of nitrogens with one attached hydrogen (secondary N) is 1. The molecule has 14 heteroatoms. The molecule has 244 valence electrons. The number of halogens is 6. The van der Waals surface area contributed by atoms with Crippen molar-refractivity contribution in [3.8, 4) is 0 Å². The van der Waals surface area contributed by atoms with Crippen LogP contribution in [0, 0.1) is 6.92 Å². The number of rotatable bonds is 13. The number of unbranched alkanes of at least 4 members (excludes halogenated alkanes) is 1. The van der Waals surface area contributed by atoms with E-state index in [0.717, 1.165) is 24.1 Å². The number of hydrogen-bond acceptors (Lipinski definition) is 4. The summed E-state index contributed by atoms with van der Waals surface area (Å²) in [4.78, 5) is 28.4. The molecular formula is C31H33Cl3F3N3O4S. The number of carbonyl (C=O) groups is 2. The van der Waals surface area contributed by atoms with Crippen LogP contribution in [0.4, 0.5) is 18.9 Å². The number of sulfonamides is 1. The molecule has 0 aliphatic heterocycles. The summed E-state index contributed by atoms with van der Waals surface area (Å²) in [7, 11) is -4.59. The van der Waals surface area contributed by atoms with E-state index in [0.29, 0.717) is 28.9 Å². The van der Waals surface area contributed by atoms with Gasteiger partial charge in [0.05, 0.1) is 31.2 Å². The van der Waals surface area contributed by atoms with Crippen molar-refractivity contribution in [3.05, 3.63) is 92.4 Å². The quantitative estimate of drug-likeness (QED) is 0.183. The largest absolute Gasteiger partial charge is 0.417 e. The highest BCUT2D eigenvalue weighted by Gasteiger charge is 2.37. The second-order valence-electron chi connectivity index (χ2n) is 10.3. The fraction of sp³-hybridized carbons (Fsp3) is 0.355. The highest BCUT2D eigenvalue weighted by atomic mass is 35.5. The van der Waals surface area contributed by atoms with Crippen molar-refractivity contribution < 1.29 is 31.2 Å². The van der Waals surface area contributed by atoms with Gasteiger partial charge in [-0.25, -0.2) is 8.42 Å². The number of carbonyl (C=O) groups excluding carboxylic acids is 2. The topological polar surface area (TPSA) is 86.8 Å². The summed E-state index contributed by atoms with van der Waals surface area (Å²) in [6, 6.07) is 11.8. The van der Waals surface area contributed by atoms with Crippen LogP contribution >= 0.6 is 34.8 Å². The van der Waals surface area contributed by atoms with Crippen LogP contribution < -0.4 is 9.62 Å². The van der Waals surface area contributed by atoms with Crippen LogP contribution in [0.2, 0.25) is 15.1 Å². The van der Waals surface area contributed by atoms with Gasteiger partial charge >= 0.3 is 6.18 Å². The lowest BCUT2D eigenvalue weighted by molar-refractivity contribution is -0.140. The molecule has 0 saturated carbocycles. The van der Waals surface area contributed by atoms with Crippen molar-refractivity contribution in [1.29, 1.82) is 0 Å². The highest BCUT2D eigenvalue weighted by Crippen LogP contribution is 2.38. The molecule has 0 spiro atoms. The van der Waals surface area contributed by atoms with Gasteiger partial charge in [0.1, 0.15) is 12.6 Å². The van der Waals surface area contributed by atoms with Crippen molar-refractivity contribution >= 4 is 62.3 Å². The Morgan fingerprint density at radius 3 is 2.13 bits per heavy atom. The van der Waals surface area contributed by atoms with E-state index >= 15 is 0 Å². The molecular weight excluding hydrogens is 674 g/mol. The van der Waals surface area contributed by atoms with Gasteiger partial charge in [0, 0.05) is 13.1 Å². The molecule has 0 aromatic heterocycles. The molecule has 1 N–H and O–H groups in total. The number of benzene rings is 3. The minimum Gasteiger partial charge on any atom is -0.354 e. The second-order valence-corrected chi connectivity index (χ2v) is 13.4. The number of amides is 2. The van der Waals surface area contributed by atoms with Gasteiger partial charge in [0.15, 0.2) is 0 Å². The summed E-state index contributed by atoms with van der Waals surface area (Å²) in [6.07, 6.45) is -3.23. The zero-order chi connectivity index (χ0) is 33.5. The van der Waals surface area contributed by atoms with Gasteiger partial charge < -0.3 is 10.2 Å². The van der Waals surface area contributed by atoms with Gasteiger partial charge in [0.2, 0.25) is 11.8 Å². The van der Waals surface area contributed by atoms with E-state index in [1.807, 2.05) is 6.92 Å². The molecule has 2 amide bonds. The molecule has 0 radical (unpaired) electrons. The van der Waals surface area contributed by atoms with E-state index in [1.54, 1.807) is 19.9 Å². The number of alkyl halides is 3. The van der Waals surface area contributed by atoms with E-state index in [-0.39, 0.29) is 27.9 Å². The van der Waals surface area contributed by atoms with Gasteiger partial charge in [-0.3, -0.25) is 13.9 Å². The van der Waals surface area contributed by atoms with Crippen molar-refractivity contribution in [2.24, 2.45) is 0 Å². The van der Waals surface area contributed by atoms with E-state index in [9.17, 15) is 31.2 Å². The summed E-state index contributed by atoms with van der Waals surface area (Å²) in [5.74, 6) is -1.30. The van der Waals surface area contributed by atoms with Crippen molar-refractivity contribution in [3.63, 3.8) is 0 Å². The summed E-state index contributed by atoms with van der Waals surface area (Å²) < 4.78 is 70.0. The smallest absolute Gasteiger partial charge is 0.354 e. The molecule has 7 nitrogen and oxygen atoms in total. The molecule has 0 aliphatic rings. The van der Waals surface area contributed by atoms with Crippen LogP contribution in [-0.4, -0.2) is 44.3 Å². The minimum absolute atomic E-state index is 0.162. The number of nitrogens with zero attached hydrogens (tertiary/aromatic N) is 2. The first-order chi connectivity index (χ1) is 21.1. The Morgan fingerprint density at radius 1 is 0.911 bits per heavy atom. The lowest BCUT2D eigenvalue weighted by Crippen LogP contribution is -2.52. The Kier molecular flexibility index (Phi) is 12.6. The van der Waals surface area contributed by atoms with Gasteiger partial charge in [-0.05, 0) is 67.8 Å². The molecule has 45 heavy (non-hydrogen) atoms. The zero-order valence-corrected chi connectivity index (χ0v) is 27.9. The Labute approximate surface area is 276 Å². The molecule has 0 fully saturated rings. The van der Waals surface area contributed by atoms with Crippen molar-refractivity contribution in [1.82, 2.24) is 10.2 Å². The SMILES string of the molecule is CCCCNC(=O)[C@@H](CC)N(Cc1ccc(Cl)c(Cl)c1)C(=O)CN(c1ccc(Cl)c(C(F)(F)F)c1)S(=O)(=O)c1ccc(C)cc1. The highest BCUT2D eigenvalue weighted by molar-refractivity contribution is 7.92. The number of aryl methyl sites for hydroxylation is 1. The van der Waals surface area contributed by atoms with Crippen molar-refractivity contribution in [2.75, 3.05) is 17.4 Å². The maximum Gasteiger partial charge on any atom is 0.417 e. The molecule has 0 saturated heterocycles. The molecule has 3 rings (SSSR count). The van der Waals surface area contributed by atoms with Crippen molar-refractivity contribution in [2.45, 2.75) is 63.7 Å². The Bertz CT molecular complexity index is 1620. The first-order valence-electron chi connectivity index (χ1n) is 14.1. The van der Waals surface area contributed by atoms with E-state index in [1.165, 1.54) is 41.3 Å². The Balaban J connectivity index is 2.14. The predicted octanol–water partition coefficient (Wildman–Crippen LogP) is 7.89. The molecule has 3 aromatic rings. The van der Waals surface area contributed by atoms with E-state index < -0.39 is 56.9 Å². The van der Waals surface area contributed by atoms with E-state index in [2.05, 4.69) is 5.32 Å². The van der Waals surface area contributed by atoms with Gasteiger partial charge in [-0.2, -0.15) is 13.2 Å². The molecule has 0 heterocycles. The van der Waals surface area contributed by atoms with Crippen LogP contribution in [0.1, 0.15) is 49.8 Å². The van der Waals surface area contributed by atoms with Gasteiger partial charge in [0.25, 0.3) is 10.0 Å². The Hall–Kier alpha value is -2.99. The van der Waals surface area contributed by atoms with E-state index in [4.69, 9.17) is 34.8 Å². The third-order valence-corrected chi connectivity index (χ3v) is 9.84. The zero-order valence-electron chi connectivity index (χ0n) is 24.8. The lowest BCUT2D eigenvalue weighted by atomic mass is 10.1. The van der Waals surface area contributed by atoms with Gasteiger partial charge in [-0.15, -0.1) is 0 Å². The van der Waals surface area contributed by atoms with Crippen LogP contribution in [0.15, 0.2) is 65.6 Å². The summed E-state index contributed by atoms with van der Waals surface area (Å²) in [5, 5.41) is 2.63. The molecule has 0 unspecified atom stereocenters. The monoisotopic (exact) mass is 705 g/mol. The number of hydrogen-bond donors (Lipinski definition) is 1. The average Bonchev–Trinajstić information content (AvgIpc) is 2.97. The summed E-state index contributed by atoms with van der Waals surface area (Å²) in [5.41, 5.74) is -0.463. The van der Waals surface area contributed by atoms with Crippen LogP contribution in [-0.2, 0) is 32.3 Å². The first kappa shape index (κ1) is 36.5. The molecule has 1 atom stereocenters. The first-order valence-corrected chi connectivity index (χ1v) is 16.6. The Morgan fingerprint density at radius 2 is 1.56 bits per heavy atom. The maximum absolute atomic E-state index is 14.1. The van der Waals surface area contributed by atoms with Crippen LogP contribution in [0.25, 0.3) is 0 Å².